The van der Waals surface area contributed by atoms with Gasteiger partial charge < -0.3 is 44.7 Å². The molecule has 4 fully saturated rings. The highest BCUT2D eigenvalue weighted by molar-refractivity contribution is 6.01. The van der Waals surface area contributed by atoms with E-state index < -0.39 is 24.3 Å². The van der Waals surface area contributed by atoms with Crippen LogP contribution in [0.2, 0.25) is 0 Å². The van der Waals surface area contributed by atoms with Gasteiger partial charge in [-0.05, 0) is 116 Å². The Morgan fingerprint density at radius 2 is 1.28 bits per heavy atom. The molecule has 368 valence electrons. The first-order valence-corrected chi connectivity index (χ1v) is 25.2. The van der Waals surface area contributed by atoms with E-state index in [9.17, 15) is 19.2 Å². The number of imidazole rings is 1. The maximum atomic E-state index is 16.5. The number of hydrogen-bond acceptors (Lipinski definition) is 10. The standard InChI is InChI=1S/C53H68FN9O6/c1-31(2)47(58-52(66)68-5)50(64)61-25-11-13-45(61)41-27-33-15-16-34(28-39(33)55-41)42-21-22-43(63(42)36-18-20-44(37(54)30-36)60-23-9-7-8-10-24-60)35-17-19-38-40(29-35)57-49(56-38)46-14-12-26-62(46)51(65)48(32(3)4)59-53(67)69-6/h15-20,28-32,42-43,45-48H,7-14,21-27H2,1-6H3,(H,56,57)(H,58,66)(H,59,67)/t42-,43-,45+,46+,47+,48+/m1/s1. The molecule has 1 aromatic heterocycles. The molecule has 6 atom stereocenters. The van der Waals surface area contributed by atoms with Crippen molar-refractivity contribution in [2.45, 2.75) is 135 Å². The predicted molar refractivity (Wildman–Crippen MR) is 264 cm³/mol. The summed E-state index contributed by atoms with van der Waals surface area (Å²) in [6, 6.07) is 16.6. The number of halogens is 1. The summed E-state index contributed by atoms with van der Waals surface area (Å²) in [5.41, 5.74) is 8.25. The smallest absolute Gasteiger partial charge is 0.407 e. The molecule has 4 saturated heterocycles. The number of rotatable bonds is 12. The summed E-state index contributed by atoms with van der Waals surface area (Å²) in [6.07, 6.45) is 8.68. The number of benzene rings is 3. The van der Waals surface area contributed by atoms with E-state index >= 15 is 4.39 Å². The van der Waals surface area contributed by atoms with E-state index in [1.165, 1.54) is 14.2 Å². The van der Waals surface area contributed by atoms with E-state index in [0.29, 0.717) is 31.0 Å². The van der Waals surface area contributed by atoms with Gasteiger partial charge in [0.1, 0.15) is 23.7 Å². The van der Waals surface area contributed by atoms with Crippen LogP contribution in [0.5, 0.6) is 0 Å². The molecule has 0 spiro atoms. The third kappa shape index (κ3) is 9.72. The number of amides is 4. The van der Waals surface area contributed by atoms with Crippen LogP contribution in [0.15, 0.2) is 59.6 Å². The van der Waals surface area contributed by atoms with E-state index in [2.05, 4.69) is 61.8 Å². The predicted octanol–water partition coefficient (Wildman–Crippen LogP) is 9.21. The molecule has 5 aliphatic heterocycles. The second-order valence-electron chi connectivity index (χ2n) is 20.2. The number of nitrogens with one attached hydrogen (secondary N) is 3. The quantitative estimate of drug-likeness (QED) is 0.126. The van der Waals surface area contributed by atoms with Crippen LogP contribution in [0.4, 0.5) is 31.0 Å². The number of nitrogens with zero attached hydrogens (tertiary/aromatic N) is 6. The summed E-state index contributed by atoms with van der Waals surface area (Å²) >= 11 is 0. The molecule has 9 rings (SSSR count). The summed E-state index contributed by atoms with van der Waals surface area (Å²) in [4.78, 5) is 74.4. The van der Waals surface area contributed by atoms with Crippen molar-refractivity contribution in [2.24, 2.45) is 16.8 Å². The SMILES string of the molecule is COC(=O)N[C@H](C(=O)N1CCC[C@H]1C1=Nc2cc([C@H]3CC[C@H](c4ccc5nc([C@@H]6CCCN6C(=O)[C@@H](NC(=O)OC)C(C)C)[nH]c5c4)N3c3ccc(N4CCCCCC4)c(F)c3)ccc2C1)C(C)C. The van der Waals surface area contributed by atoms with Gasteiger partial charge in [-0.1, -0.05) is 58.7 Å². The number of carbonyl (C=O) groups is 4. The fourth-order valence-corrected chi connectivity index (χ4v) is 11.5. The van der Waals surface area contributed by atoms with Crippen LogP contribution in [-0.2, 0) is 25.5 Å². The number of carbonyl (C=O) groups excluding carboxylic acids is 4. The third-order valence-corrected chi connectivity index (χ3v) is 15.2. The van der Waals surface area contributed by atoms with Crippen LogP contribution in [0, 0.1) is 17.7 Å². The molecule has 5 aliphatic rings. The van der Waals surface area contributed by atoms with E-state index in [1.807, 2.05) is 49.6 Å². The lowest BCUT2D eigenvalue weighted by atomic mass is 9.98. The summed E-state index contributed by atoms with van der Waals surface area (Å²) < 4.78 is 26.2. The Morgan fingerprint density at radius 1 is 0.681 bits per heavy atom. The lowest BCUT2D eigenvalue weighted by molar-refractivity contribution is -0.135. The molecule has 3 N–H and O–H groups in total. The van der Waals surface area contributed by atoms with Gasteiger partial charge in [-0.3, -0.25) is 14.6 Å². The molecule has 16 heteroatoms. The maximum absolute atomic E-state index is 16.5. The number of aliphatic imine (C=N–C) groups is 1. The van der Waals surface area contributed by atoms with E-state index in [1.54, 1.807) is 6.07 Å². The summed E-state index contributed by atoms with van der Waals surface area (Å²) in [7, 11) is 2.59. The molecule has 15 nitrogen and oxygen atoms in total. The number of fused-ring (bicyclic) bond motifs is 2. The minimum atomic E-state index is -0.729. The van der Waals surface area contributed by atoms with Crippen LogP contribution in [-0.4, -0.2) is 108 Å². The average Bonchev–Trinajstić information content (AvgIpc) is 4.20. The van der Waals surface area contributed by atoms with Crippen molar-refractivity contribution in [1.29, 1.82) is 0 Å². The van der Waals surface area contributed by atoms with Crippen molar-refractivity contribution in [2.75, 3.05) is 50.2 Å². The number of alkyl carbamates (subject to hydrolysis) is 2. The molecule has 4 aromatic rings. The number of hydrogen-bond donors (Lipinski definition) is 3. The zero-order valence-corrected chi connectivity index (χ0v) is 40.9. The fraction of sp³-hybridized carbons (Fsp3) is 0.547. The molecule has 0 aliphatic carbocycles. The molecule has 0 bridgehead atoms. The van der Waals surface area contributed by atoms with Crippen molar-refractivity contribution in [3.8, 4) is 0 Å². The molecular weight excluding hydrogens is 878 g/mol. The zero-order valence-electron chi connectivity index (χ0n) is 40.9. The molecule has 69 heavy (non-hydrogen) atoms. The van der Waals surface area contributed by atoms with E-state index in [0.717, 1.165) is 122 Å². The highest BCUT2D eigenvalue weighted by Crippen LogP contribution is 2.49. The van der Waals surface area contributed by atoms with Gasteiger partial charge >= 0.3 is 12.2 Å². The lowest BCUT2D eigenvalue weighted by Crippen LogP contribution is -2.53. The second kappa shape index (κ2) is 20.4. The van der Waals surface area contributed by atoms with Gasteiger partial charge in [-0.25, -0.2) is 19.0 Å². The van der Waals surface area contributed by atoms with Gasteiger partial charge in [0, 0.05) is 44.0 Å². The van der Waals surface area contributed by atoms with Crippen LogP contribution in [0.1, 0.15) is 133 Å². The number of ether oxygens (including phenoxy) is 2. The molecule has 0 radical (unpaired) electrons. The maximum Gasteiger partial charge on any atom is 0.407 e. The molecule has 4 amide bonds. The second-order valence-corrected chi connectivity index (χ2v) is 20.2. The molecular formula is C53H68FN9O6. The normalized spacial score (nSPS) is 22.5. The number of likely N-dealkylation sites (tertiary alicyclic amines) is 2. The monoisotopic (exact) mass is 946 g/mol. The Balaban J connectivity index is 1.01. The van der Waals surface area contributed by atoms with Crippen LogP contribution in [0.25, 0.3) is 11.0 Å². The fourth-order valence-electron chi connectivity index (χ4n) is 11.5. The number of methoxy groups -OCH3 is 2. The largest absolute Gasteiger partial charge is 0.453 e. The first-order valence-electron chi connectivity index (χ1n) is 25.2. The first-order chi connectivity index (χ1) is 33.3. The van der Waals surface area contributed by atoms with Gasteiger partial charge in [0.25, 0.3) is 0 Å². The first kappa shape index (κ1) is 47.9. The summed E-state index contributed by atoms with van der Waals surface area (Å²) in [6.45, 7) is 10.5. The van der Waals surface area contributed by atoms with Crippen molar-refractivity contribution in [3.63, 3.8) is 0 Å². The van der Waals surface area contributed by atoms with Crippen LogP contribution >= 0.6 is 0 Å². The van der Waals surface area contributed by atoms with Gasteiger partial charge in [0.15, 0.2) is 0 Å². The minimum Gasteiger partial charge on any atom is -0.453 e. The Hall–Kier alpha value is -6.19. The molecule has 0 saturated carbocycles. The van der Waals surface area contributed by atoms with E-state index in [4.69, 9.17) is 19.5 Å². The van der Waals surface area contributed by atoms with Gasteiger partial charge in [-0.15, -0.1) is 0 Å². The molecule has 6 heterocycles. The number of aromatic nitrogens is 2. The third-order valence-electron chi connectivity index (χ3n) is 15.2. The number of H-pyrrole nitrogens is 1. The van der Waals surface area contributed by atoms with Crippen molar-refractivity contribution in [1.82, 2.24) is 30.4 Å². The van der Waals surface area contributed by atoms with Crippen molar-refractivity contribution < 1.29 is 33.0 Å². The minimum absolute atomic E-state index is 0.0812. The summed E-state index contributed by atoms with van der Waals surface area (Å²) in [5, 5.41) is 5.49. The van der Waals surface area contributed by atoms with Gasteiger partial charge in [0.05, 0.1) is 60.8 Å². The lowest BCUT2D eigenvalue weighted by Gasteiger charge is -2.34. The molecule has 0 unspecified atom stereocenters. The van der Waals surface area contributed by atoms with Crippen LogP contribution < -0.4 is 20.4 Å². The van der Waals surface area contributed by atoms with E-state index in [-0.39, 0.29) is 53.6 Å². The Kier molecular flexibility index (Phi) is 14.2. The highest BCUT2D eigenvalue weighted by Gasteiger charge is 2.41. The van der Waals surface area contributed by atoms with Gasteiger partial charge in [0.2, 0.25) is 11.8 Å². The van der Waals surface area contributed by atoms with Gasteiger partial charge in [-0.2, -0.15) is 0 Å². The Labute approximate surface area is 404 Å². The Morgan fingerprint density at radius 3 is 1.88 bits per heavy atom. The van der Waals surface area contributed by atoms with Crippen molar-refractivity contribution in [3.05, 3.63) is 82.9 Å². The number of aromatic amines is 1. The molecule has 3 aromatic carbocycles. The number of anilines is 2. The summed E-state index contributed by atoms with van der Waals surface area (Å²) in [5.74, 6) is -0.0522. The Bertz CT molecular complexity index is 2590. The average molecular weight is 946 g/mol. The topological polar surface area (TPSA) is 165 Å². The zero-order chi connectivity index (χ0) is 48.5. The highest BCUT2D eigenvalue weighted by atomic mass is 19.1. The van der Waals surface area contributed by atoms with Crippen LogP contribution in [0.3, 0.4) is 0 Å². The van der Waals surface area contributed by atoms with Crippen molar-refractivity contribution >= 4 is 57.8 Å².